The number of hydrogen-bond donors (Lipinski definition) is 2. The second kappa shape index (κ2) is 7.57. The standard InChI is InChI=1S/C18H18N4O3/c23-16(20-12-13-6-4-5-11-19-13)10-9-15-17(24)22(18(25)21-15)14-7-2-1-3-8-14/h1-8,11,15H,9-10,12H2,(H,20,23)(H,21,25)/t15-/m0/s1. The van der Waals surface area contributed by atoms with Gasteiger partial charge >= 0.3 is 6.03 Å². The van der Waals surface area contributed by atoms with Gasteiger partial charge in [0.15, 0.2) is 0 Å². The van der Waals surface area contributed by atoms with Crippen LogP contribution in [0.3, 0.4) is 0 Å². The molecule has 2 heterocycles. The largest absolute Gasteiger partial charge is 0.350 e. The second-order valence-electron chi connectivity index (χ2n) is 5.65. The van der Waals surface area contributed by atoms with Crippen molar-refractivity contribution < 1.29 is 14.4 Å². The van der Waals surface area contributed by atoms with Crippen LogP contribution in [0.15, 0.2) is 54.7 Å². The van der Waals surface area contributed by atoms with Crippen molar-refractivity contribution in [1.82, 2.24) is 15.6 Å². The predicted molar refractivity (Wildman–Crippen MR) is 91.6 cm³/mol. The first-order chi connectivity index (χ1) is 12.1. The number of aromatic nitrogens is 1. The maximum absolute atomic E-state index is 12.4. The van der Waals surface area contributed by atoms with Crippen molar-refractivity contribution in [3.05, 3.63) is 60.4 Å². The fourth-order valence-corrected chi connectivity index (χ4v) is 2.60. The van der Waals surface area contributed by atoms with Crippen LogP contribution >= 0.6 is 0 Å². The number of benzene rings is 1. The number of rotatable bonds is 6. The molecule has 7 heteroatoms. The van der Waals surface area contributed by atoms with Gasteiger partial charge in [0.25, 0.3) is 5.91 Å². The van der Waals surface area contributed by atoms with Gasteiger partial charge < -0.3 is 10.6 Å². The van der Waals surface area contributed by atoms with E-state index in [1.54, 1.807) is 36.5 Å². The predicted octanol–water partition coefficient (Wildman–Crippen LogP) is 1.60. The average Bonchev–Trinajstić information content (AvgIpc) is 2.93. The van der Waals surface area contributed by atoms with Crippen LogP contribution in [0, 0.1) is 0 Å². The van der Waals surface area contributed by atoms with E-state index in [1.165, 1.54) is 0 Å². The van der Waals surface area contributed by atoms with E-state index >= 15 is 0 Å². The Bertz CT molecular complexity index is 764. The molecule has 1 aromatic heterocycles. The number of nitrogens with one attached hydrogen (secondary N) is 2. The summed E-state index contributed by atoms with van der Waals surface area (Å²) in [5.41, 5.74) is 1.28. The minimum absolute atomic E-state index is 0.145. The Kier molecular flexibility index (Phi) is 5.03. The SMILES string of the molecule is O=C(CC[C@@H]1NC(=O)N(c2ccccc2)C1=O)NCc1ccccn1. The maximum Gasteiger partial charge on any atom is 0.329 e. The smallest absolute Gasteiger partial charge is 0.329 e. The Morgan fingerprint density at radius 1 is 1.12 bits per heavy atom. The highest BCUT2D eigenvalue weighted by Gasteiger charge is 2.38. The number of para-hydroxylation sites is 1. The lowest BCUT2D eigenvalue weighted by atomic mass is 10.1. The maximum atomic E-state index is 12.4. The van der Waals surface area contributed by atoms with Crippen molar-refractivity contribution in [2.45, 2.75) is 25.4 Å². The molecule has 4 amide bonds. The van der Waals surface area contributed by atoms with Crippen LogP contribution in [0.4, 0.5) is 10.5 Å². The summed E-state index contributed by atoms with van der Waals surface area (Å²) in [7, 11) is 0. The minimum Gasteiger partial charge on any atom is -0.350 e. The molecule has 0 bridgehead atoms. The van der Waals surface area contributed by atoms with E-state index < -0.39 is 12.1 Å². The van der Waals surface area contributed by atoms with E-state index in [-0.39, 0.29) is 24.7 Å². The molecule has 1 aliphatic heterocycles. The van der Waals surface area contributed by atoms with E-state index in [1.807, 2.05) is 18.2 Å². The van der Waals surface area contributed by atoms with Crippen LogP contribution in [-0.4, -0.2) is 28.9 Å². The third kappa shape index (κ3) is 4.00. The van der Waals surface area contributed by atoms with Crippen molar-refractivity contribution in [1.29, 1.82) is 0 Å². The van der Waals surface area contributed by atoms with Gasteiger partial charge in [-0.2, -0.15) is 0 Å². The monoisotopic (exact) mass is 338 g/mol. The van der Waals surface area contributed by atoms with Gasteiger partial charge in [-0.15, -0.1) is 0 Å². The molecular weight excluding hydrogens is 320 g/mol. The van der Waals surface area contributed by atoms with Gasteiger partial charge in [-0.3, -0.25) is 14.6 Å². The van der Waals surface area contributed by atoms with Crippen LogP contribution in [0.25, 0.3) is 0 Å². The van der Waals surface area contributed by atoms with Crippen molar-refractivity contribution in [3.8, 4) is 0 Å². The zero-order valence-electron chi connectivity index (χ0n) is 13.5. The minimum atomic E-state index is -0.687. The molecule has 0 spiro atoms. The molecule has 1 saturated heterocycles. The summed E-state index contributed by atoms with van der Waals surface area (Å²) in [4.78, 5) is 41.6. The van der Waals surface area contributed by atoms with Crippen LogP contribution in [-0.2, 0) is 16.1 Å². The lowest BCUT2D eigenvalue weighted by Gasteiger charge is -2.12. The molecule has 25 heavy (non-hydrogen) atoms. The van der Waals surface area contributed by atoms with Gasteiger partial charge in [0.1, 0.15) is 6.04 Å². The summed E-state index contributed by atoms with van der Waals surface area (Å²) in [6.45, 7) is 0.334. The van der Waals surface area contributed by atoms with Crippen molar-refractivity contribution >= 4 is 23.5 Å². The molecule has 1 aromatic carbocycles. The van der Waals surface area contributed by atoms with E-state index in [9.17, 15) is 14.4 Å². The quantitative estimate of drug-likeness (QED) is 0.783. The Morgan fingerprint density at radius 3 is 2.60 bits per heavy atom. The van der Waals surface area contributed by atoms with E-state index in [2.05, 4.69) is 15.6 Å². The molecule has 128 valence electrons. The first kappa shape index (κ1) is 16.6. The Hall–Kier alpha value is -3.22. The molecule has 7 nitrogen and oxygen atoms in total. The Balaban J connectivity index is 1.51. The summed E-state index contributed by atoms with van der Waals surface area (Å²) < 4.78 is 0. The second-order valence-corrected chi connectivity index (χ2v) is 5.65. The normalized spacial score (nSPS) is 16.6. The van der Waals surface area contributed by atoms with Gasteiger partial charge in [0, 0.05) is 12.6 Å². The number of urea groups is 1. The fraction of sp³-hybridized carbons (Fsp3) is 0.222. The lowest BCUT2D eigenvalue weighted by molar-refractivity contribution is -0.122. The van der Waals surface area contributed by atoms with Crippen LogP contribution in [0.2, 0.25) is 0 Å². The highest BCUT2D eigenvalue weighted by molar-refractivity contribution is 6.21. The topological polar surface area (TPSA) is 91.4 Å². The van der Waals surface area contributed by atoms with Gasteiger partial charge in [-0.25, -0.2) is 9.69 Å². The number of pyridine rings is 1. The van der Waals surface area contributed by atoms with E-state index in [0.717, 1.165) is 10.6 Å². The van der Waals surface area contributed by atoms with Gasteiger partial charge in [0.2, 0.25) is 5.91 Å². The highest BCUT2D eigenvalue weighted by atomic mass is 16.2. The Morgan fingerprint density at radius 2 is 1.88 bits per heavy atom. The molecule has 2 aromatic rings. The van der Waals surface area contributed by atoms with Gasteiger partial charge in [-0.1, -0.05) is 24.3 Å². The number of amides is 4. The Labute approximate surface area is 145 Å². The summed E-state index contributed by atoms with van der Waals surface area (Å²) >= 11 is 0. The van der Waals surface area contributed by atoms with Crippen molar-refractivity contribution in [2.75, 3.05) is 4.90 Å². The van der Waals surface area contributed by atoms with Crippen molar-refractivity contribution in [2.24, 2.45) is 0 Å². The fourth-order valence-electron chi connectivity index (χ4n) is 2.60. The summed E-state index contributed by atoms with van der Waals surface area (Å²) in [6, 6.07) is 13.0. The molecule has 1 atom stereocenters. The summed E-state index contributed by atoms with van der Waals surface area (Å²) in [6.07, 6.45) is 2.06. The van der Waals surface area contributed by atoms with E-state index in [0.29, 0.717) is 12.2 Å². The van der Waals surface area contributed by atoms with E-state index in [4.69, 9.17) is 0 Å². The number of imide groups is 1. The third-order valence-electron chi connectivity index (χ3n) is 3.89. The molecule has 0 saturated carbocycles. The number of anilines is 1. The molecule has 0 radical (unpaired) electrons. The van der Waals surface area contributed by atoms with Gasteiger partial charge in [0.05, 0.1) is 17.9 Å². The molecule has 1 fully saturated rings. The molecule has 2 N–H and O–H groups in total. The zero-order valence-corrected chi connectivity index (χ0v) is 13.5. The van der Waals surface area contributed by atoms with Gasteiger partial charge in [-0.05, 0) is 30.7 Å². The zero-order chi connectivity index (χ0) is 17.6. The number of carbonyl (C=O) groups is 3. The first-order valence-electron chi connectivity index (χ1n) is 8.01. The van der Waals surface area contributed by atoms with Crippen LogP contribution in [0.5, 0.6) is 0 Å². The van der Waals surface area contributed by atoms with Crippen molar-refractivity contribution in [3.63, 3.8) is 0 Å². The highest BCUT2D eigenvalue weighted by Crippen LogP contribution is 2.20. The molecule has 3 rings (SSSR count). The number of nitrogens with zero attached hydrogens (tertiary/aromatic N) is 2. The number of carbonyl (C=O) groups excluding carboxylic acids is 3. The molecule has 0 unspecified atom stereocenters. The summed E-state index contributed by atoms with van der Waals surface area (Å²) in [5, 5.41) is 5.38. The molecular formula is C18H18N4O3. The average molecular weight is 338 g/mol. The first-order valence-corrected chi connectivity index (χ1v) is 8.01. The van der Waals surface area contributed by atoms with Crippen LogP contribution in [0.1, 0.15) is 18.5 Å². The molecule has 1 aliphatic rings. The van der Waals surface area contributed by atoms with Crippen LogP contribution < -0.4 is 15.5 Å². The third-order valence-corrected chi connectivity index (χ3v) is 3.89. The molecule has 0 aliphatic carbocycles. The lowest BCUT2D eigenvalue weighted by Crippen LogP contribution is -2.32. The summed E-state index contributed by atoms with van der Waals surface area (Å²) in [5.74, 6) is -0.528. The number of hydrogen-bond acceptors (Lipinski definition) is 4.